The van der Waals surface area contributed by atoms with Gasteiger partial charge in [-0.05, 0) is 37.6 Å². The Morgan fingerprint density at radius 1 is 1.13 bits per heavy atom. The average Bonchev–Trinajstić information content (AvgIpc) is 2.84. The van der Waals surface area contributed by atoms with Crippen LogP contribution in [0.3, 0.4) is 0 Å². The van der Waals surface area contributed by atoms with Crippen molar-refractivity contribution in [3.63, 3.8) is 0 Å². The monoisotopic (exact) mass is 318 g/mol. The van der Waals surface area contributed by atoms with Crippen LogP contribution in [0.15, 0.2) is 30.3 Å². The molecule has 2 N–H and O–H groups in total. The van der Waals surface area contributed by atoms with Gasteiger partial charge in [0.2, 0.25) is 0 Å². The minimum Gasteiger partial charge on any atom is -0.346 e. The molecule has 0 bridgehead atoms. The van der Waals surface area contributed by atoms with E-state index in [2.05, 4.69) is 15.7 Å². The second-order valence-corrected chi connectivity index (χ2v) is 5.22. The maximum atomic E-state index is 12.8. The smallest absolute Gasteiger partial charge is 0.309 e. The molecule has 23 heavy (non-hydrogen) atoms. The molecule has 0 aliphatic heterocycles. The fourth-order valence-electron chi connectivity index (χ4n) is 2.12. The van der Waals surface area contributed by atoms with Gasteiger partial charge in [0.25, 0.3) is 0 Å². The molecular weight excluding hydrogens is 299 g/mol. The van der Waals surface area contributed by atoms with Crippen molar-refractivity contribution in [3.8, 4) is 0 Å². The Hall–Kier alpha value is -2.70. The van der Waals surface area contributed by atoms with Crippen LogP contribution in [-0.2, 0) is 22.7 Å². The van der Waals surface area contributed by atoms with Crippen LogP contribution in [0.1, 0.15) is 17.0 Å². The lowest BCUT2D eigenvalue weighted by atomic mass is 10.2. The number of rotatable bonds is 5. The molecule has 2 aromatic rings. The van der Waals surface area contributed by atoms with Gasteiger partial charge in [-0.15, -0.1) is 0 Å². The third kappa shape index (κ3) is 4.91. The van der Waals surface area contributed by atoms with E-state index in [0.717, 1.165) is 17.0 Å². The Labute approximate surface area is 133 Å². The third-order valence-electron chi connectivity index (χ3n) is 3.29. The summed E-state index contributed by atoms with van der Waals surface area (Å²) in [5.41, 5.74) is 2.62. The Morgan fingerprint density at radius 3 is 2.39 bits per heavy atom. The SMILES string of the molecule is Cc1cc(C)n(CCNC(=O)C(=O)NCc2ccc(F)cc2)n1. The highest BCUT2D eigenvalue weighted by atomic mass is 19.1. The molecule has 7 heteroatoms. The van der Waals surface area contributed by atoms with Gasteiger partial charge in [-0.3, -0.25) is 14.3 Å². The lowest BCUT2D eigenvalue weighted by Crippen LogP contribution is -2.40. The van der Waals surface area contributed by atoms with Crippen molar-refractivity contribution >= 4 is 11.8 Å². The summed E-state index contributed by atoms with van der Waals surface area (Å²) in [7, 11) is 0. The summed E-state index contributed by atoms with van der Waals surface area (Å²) in [5.74, 6) is -1.77. The van der Waals surface area contributed by atoms with E-state index in [-0.39, 0.29) is 12.4 Å². The van der Waals surface area contributed by atoms with Crippen LogP contribution < -0.4 is 10.6 Å². The first kappa shape index (κ1) is 16.7. The van der Waals surface area contributed by atoms with Crippen LogP contribution in [0, 0.1) is 19.7 Å². The molecule has 6 nitrogen and oxygen atoms in total. The molecule has 1 aromatic heterocycles. The molecule has 0 saturated heterocycles. The lowest BCUT2D eigenvalue weighted by molar-refractivity contribution is -0.139. The number of halogens is 1. The van der Waals surface area contributed by atoms with Crippen molar-refractivity contribution in [2.75, 3.05) is 6.54 Å². The van der Waals surface area contributed by atoms with Crippen molar-refractivity contribution in [2.45, 2.75) is 26.9 Å². The maximum Gasteiger partial charge on any atom is 0.309 e. The number of hydrogen-bond acceptors (Lipinski definition) is 3. The van der Waals surface area contributed by atoms with Crippen molar-refractivity contribution in [3.05, 3.63) is 53.1 Å². The fourth-order valence-corrected chi connectivity index (χ4v) is 2.12. The molecule has 1 aromatic carbocycles. The Kier molecular flexibility index (Phi) is 5.46. The van der Waals surface area contributed by atoms with Gasteiger partial charge >= 0.3 is 11.8 Å². The molecule has 0 fully saturated rings. The summed E-state index contributed by atoms with van der Waals surface area (Å²) in [6, 6.07) is 7.65. The lowest BCUT2D eigenvalue weighted by Gasteiger charge is -2.08. The number of nitrogens with zero attached hydrogens (tertiary/aromatic N) is 2. The summed E-state index contributed by atoms with van der Waals surface area (Å²) in [6.45, 7) is 4.80. The first-order chi connectivity index (χ1) is 11.0. The number of nitrogens with one attached hydrogen (secondary N) is 2. The van der Waals surface area contributed by atoms with Gasteiger partial charge in [-0.1, -0.05) is 12.1 Å². The summed E-state index contributed by atoms with van der Waals surface area (Å²) in [4.78, 5) is 23.4. The van der Waals surface area contributed by atoms with Gasteiger partial charge in [0, 0.05) is 18.8 Å². The zero-order valence-corrected chi connectivity index (χ0v) is 13.1. The molecule has 0 atom stereocenters. The van der Waals surface area contributed by atoms with Crippen LogP contribution in [-0.4, -0.2) is 28.1 Å². The van der Waals surface area contributed by atoms with Crippen LogP contribution in [0.4, 0.5) is 4.39 Å². The van der Waals surface area contributed by atoms with Gasteiger partial charge in [0.15, 0.2) is 0 Å². The van der Waals surface area contributed by atoms with E-state index in [0.29, 0.717) is 13.1 Å². The molecule has 0 unspecified atom stereocenters. The highest BCUT2D eigenvalue weighted by Gasteiger charge is 2.12. The van der Waals surface area contributed by atoms with Crippen LogP contribution >= 0.6 is 0 Å². The quantitative estimate of drug-likeness (QED) is 0.810. The van der Waals surface area contributed by atoms with E-state index >= 15 is 0 Å². The topological polar surface area (TPSA) is 76.0 Å². The molecule has 2 rings (SSSR count). The fraction of sp³-hybridized carbons (Fsp3) is 0.312. The molecule has 0 radical (unpaired) electrons. The van der Waals surface area contributed by atoms with E-state index in [1.165, 1.54) is 12.1 Å². The zero-order chi connectivity index (χ0) is 16.8. The second-order valence-electron chi connectivity index (χ2n) is 5.22. The number of amides is 2. The first-order valence-electron chi connectivity index (χ1n) is 7.27. The van der Waals surface area contributed by atoms with E-state index in [4.69, 9.17) is 0 Å². The van der Waals surface area contributed by atoms with Gasteiger partial charge in [0.05, 0.1) is 12.2 Å². The molecule has 0 saturated carbocycles. The van der Waals surface area contributed by atoms with Crippen LogP contribution in [0.2, 0.25) is 0 Å². The van der Waals surface area contributed by atoms with Crippen molar-refractivity contribution in [1.29, 1.82) is 0 Å². The minimum atomic E-state index is -0.720. The largest absolute Gasteiger partial charge is 0.346 e. The number of hydrogen-bond donors (Lipinski definition) is 2. The predicted molar refractivity (Wildman–Crippen MR) is 83.0 cm³/mol. The average molecular weight is 318 g/mol. The number of carbonyl (C=O) groups excluding carboxylic acids is 2. The zero-order valence-electron chi connectivity index (χ0n) is 13.1. The van der Waals surface area contributed by atoms with Gasteiger partial charge in [-0.2, -0.15) is 5.10 Å². The summed E-state index contributed by atoms with van der Waals surface area (Å²) >= 11 is 0. The number of aromatic nitrogens is 2. The van der Waals surface area contributed by atoms with Gasteiger partial charge in [0.1, 0.15) is 5.82 Å². The molecule has 0 aliphatic carbocycles. The molecule has 1 heterocycles. The second kappa shape index (κ2) is 7.53. The molecular formula is C16H19FN4O2. The molecule has 0 aliphatic rings. The minimum absolute atomic E-state index is 0.171. The van der Waals surface area contributed by atoms with E-state index in [1.54, 1.807) is 16.8 Å². The van der Waals surface area contributed by atoms with Gasteiger partial charge in [-0.25, -0.2) is 4.39 Å². The number of carbonyl (C=O) groups is 2. The van der Waals surface area contributed by atoms with Crippen LogP contribution in [0.25, 0.3) is 0 Å². The van der Waals surface area contributed by atoms with Crippen molar-refractivity contribution in [1.82, 2.24) is 20.4 Å². The highest BCUT2D eigenvalue weighted by Crippen LogP contribution is 2.02. The Morgan fingerprint density at radius 2 is 1.78 bits per heavy atom. The molecule has 122 valence electrons. The number of aryl methyl sites for hydroxylation is 2. The first-order valence-corrected chi connectivity index (χ1v) is 7.27. The van der Waals surface area contributed by atoms with E-state index in [9.17, 15) is 14.0 Å². The molecule has 2 amide bonds. The van der Waals surface area contributed by atoms with E-state index in [1.807, 2.05) is 19.9 Å². The van der Waals surface area contributed by atoms with Crippen LogP contribution in [0.5, 0.6) is 0 Å². The summed E-state index contributed by atoms with van der Waals surface area (Å²) in [5, 5.41) is 9.30. The Balaban J connectivity index is 1.73. The standard InChI is InChI=1S/C16H19FN4O2/c1-11-9-12(2)21(20-11)8-7-18-15(22)16(23)19-10-13-3-5-14(17)6-4-13/h3-6,9H,7-8,10H2,1-2H3,(H,18,22)(H,19,23). The van der Waals surface area contributed by atoms with E-state index < -0.39 is 11.8 Å². The summed E-state index contributed by atoms with van der Waals surface area (Å²) < 4.78 is 14.5. The Bertz CT molecular complexity index is 695. The third-order valence-corrected chi connectivity index (χ3v) is 3.29. The maximum absolute atomic E-state index is 12.8. The highest BCUT2D eigenvalue weighted by molar-refractivity contribution is 6.35. The normalized spacial score (nSPS) is 10.4. The predicted octanol–water partition coefficient (Wildman–Crippen LogP) is 1.07. The number of benzene rings is 1. The molecule has 0 spiro atoms. The summed E-state index contributed by atoms with van der Waals surface area (Å²) in [6.07, 6.45) is 0. The van der Waals surface area contributed by atoms with Gasteiger partial charge < -0.3 is 10.6 Å². The van der Waals surface area contributed by atoms with Crippen molar-refractivity contribution < 1.29 is 14.0 Å². The van der Waals surface area contributed by atoms with Crippen molar-refractivity contribution in [2.24, 2.45) is 0 Å².